The van der Waals surface area contributed by atoms with E-state index in [-0.39, 0.29) is 11.8 Å². The van der Waals surface area contributed by atoms with Crippen molar-refractivity contribution in [3.8, 4) is 16.9 Å². The molecule has 3 heterocycles. The van der Waals surface area contributed by atoms with Crippen LogP contribution in [0.15, 0.2) is 24.4 Å². The molecule has 0 bridgehead atoms. The number of carbonyl (C=O) groups excluding carboxylic acids is 1. The standard InChI is InChI=1S/C26H34N6O2/c1-31-23(17-32-13-7-4-8-14-32)21(16-27-31)19-11-12-22-20(15-19)24(34-2)25(30-29-22)28-26(33)18-9-5-3-6-10-18/h11-12,15-16,18H,3-10,13-14,17H2,1-2H3,(H,28,30,33). The maximum absolute atomic E-state index is 12.8. The smallest absolute Gasteiger partial charge is 0.228 e. The average Bonchev–Trinajstić information content (AvgIpc) is 3.24. The van der Waals surface area contributed by atoms with Gasteiger partial charge in [0.1, 0.15) is 0 Å². The Morgan fingerprint density at radius 3 is 2.62 bits per heavy atom. The van der Waals surface area contributed by atoms with Crippen LogP contribution in [0.1, 0.15) is 57.1 Å². The second-order valence-corrected chi connectivity index (χ2v) is 9.60. The van der Waals surface area contributed by atoms with Crippen LogP contribution in [0.2, 0.25) is 0 Å². The molecule has 180 valence electrons. The monoisotopic (exact) mass is 462 g/mol. The van der Waals surface area contributed by atoms with Gasteiger partial charge in [-0.3, -0.25) is 14.4 Å². The average molecular weight is 463 g/mol. The highest BCUT2D eigenvalue weighted by molar-refractivity contribution is 5.98. The van der Waals surface area contributed by atoms with Crippen LogP contribution < -0.4 is 10.1 Å². The highest BCUT2D eigenvalue weighted by Gasteiger charge is 2.24. The van der Waals surface area contributed by atoms with Crippen molar-refractivity contribution < 1.29 is 9.53 Å². The number of fused-ring (bicyclic) bond motifs is 1. The molecule has 34 heavy (non-hydrogen) atoms. The zero-order valence-corrected chi connectivity index (χ0v) is 20.2. The number of ether oxygens (including phenoxy) is 1. The number of nitrogens with zero attached hydrogens (tertiary/aromatic N) is 5. The normalized spacial score (nSPS) is 17.7. The number of nitrogens with one attached hydrogen (secondary N) is 1. The lowest BCUT2D eigenvalue weighted by atomic mass is 9.89. The Bertz CT molecular complexity index is 1160. The molecule has 8 nitrogen and oxygen atoms in total. The number of aryl methyl sites for hydroxylation is 1. The number of methoxy groups -OCH3 is 1. The lowest BCUT2D eigenvalue weighted by Crippen LogP contribution is -2.30. The third-order valence-corrected chi connectivity index (χ3v) is 7.33. The molecule has 1 aromatic carbocycles. The Morgan fingerprint density at radius 1 is 1.09 bits per heavy atom. The molecule has 5 rings (SSSR count). The first-order chi connectivity index (χ1) is 16.6. The molecule has 0 spiro atoms. The van der Waals surface area contributed by atoms with E-state index < -0.39 is 0 Å². The summed E-state index contributed by atoms with van der Waals surface area (Å²) in [6.07, 6.45) is 11.1. The molecule has 1 saturated heterocycles. The van der Waals surface area contributed by atoms with Gasteiger partial charge in [-0.25, -0.2) is 0 Å². The van der Waals surface area contributed by atoms with Gasteiger partial charge in [-0.15, -0.1) is 10.2 Å². The highest BCUT2D eigenvalue weighted by atomic mass is 16.5. The third kappa shape index (κ3) is 4.64. The highest BCUT2D eigenvalue weighted by Crippen LogP contribution is 2.35. The number of hydrogen-bond donors (Lipinski definition) is 1. The molecule has 1 saturated carbocycles. The molecule has 0 atom stereocenters. The van der Waals surface area contributed by atoms with Gasteiger partial charge in [0, 0.05) is 30.5 Å². The molecule has 2 aliphatic rings. The summed E-state index contributed by atoms with van der Waals surface area (Å²) < 4.78 is 7.73. The van der Waals surface area contributed by atoms with Crippen molar-refractivity contribution in [2.45, 2.75) is 57.9 Å². The van der Waals surface area contributed by atoms with Crippen molar-refractivity contribution in [3.63, 3.8) is 0 Å². The molecule has 8 heteroatoms. The predicted molar refractivity (Wildman–Crippen MR) is 133 cm³/mol. The summed E-state index contributed by atoms with van der Waals surface area (Å²) in [7, 11) is 3.63. The second-order valence-electron chi connectivity index (χ2n) is 9.60. The minimum atomic E-state index is 0.0129. The first-order valence-electron chi connectivity index (χ1n) is 12.5. The van der Waals surface area contributed by atoms with E-state index in [0.717, 1.165) is 67.3 Å². The van der Waals surface area contributed by atoms with E-state index in [1.807, 2.05) is 24.0 Å². The number of benzene rings is 1. The number of amides is 1. The molecule has 1 amide bonds. The van der Waals surface area contributed by atoms with Crippen LogP contribution in [0.5, 0.6) is 5.75 Å². The number of hydrogen-bond acceptors (Lipinski definition) is 6. The summed E-state index contributed by atoms with van der Waals surface area (Å²) in [4.78, 5) is 15.4. The van der Waals surface area contributed by atoms with Gasteiger partial charge in [-0.05, 0) is 56.5 Å². The van der Waals surface area contributed by atoms with Gasteiger partial charge in [0.05, 0.1) is 24.5 Å². The Morgan fingerprint density at radius 2 is 1.85 bits per heavy atom. The minimum absolute atomic E-state index is 0.0129. The van der Waals surface area contributed by atoms with Crippen molar-refractivity contribution in [1.82, 2.24) is 24.9 Å². The summed E-state index contributed by atoms with van der Waals surface area (Å²) in [5.74, 6) is 0.994. The van der Waals surface area contributed by atoms with Gasteiger partial charge in [0.25, 0.3) is 0 Å². The molecule has 2 aromatic heterocycles. The fourth-order valence-electron chi connectivity index (χ4n) is 5.34. The SMILES string of the molecule is COc1c(NC(=O)C2CCCCC2)nnc2ccc(-c3cnn(C)c3CN3CCCCC3)cc12. The largest absolute Gasteiger partial charge is 0.492 e. The van der Waals surface area contributed by atoms with Crippen molar-refractivity contribution >= 4 is 22.6 Å². The molecular formula is C26H34N6O2. The van der Waals surface area contributed by atoms with E-state index in [9.17, 15) is 4.79 Å². The number of likely N-dealkylation sites (tertiary alicyclic amines) is 1. The van der Waals surface area contributed by atoms with E-state index in [2.05, 4.69) is 37.6 Å². The first kappa shape index (κ1) is 22.8. The topological polar surface area (TPSA) is 85.2 Å². The molecule has 1 N–H and O–H groups in total. The van der Waals surface area contributed by atoms with Crippen molar-refractivity contribution in [2.75, 3.05) is 25.5 Å². The van der Waals surface area contributed by atoms with Crippen molar-refractivity contribution in [1.29, 1.82) is 0 Å². The third-order valence-electron chi connectivity index (χ3n) is 7.33. The fraction of sp³-hybridized carbons (Fsp3) is 0.538. The van der Waals surface area contributed by atoms with Gasteiger partial charge < -0.3 is 10.1 Å². The maximum atomic E-state index is 12.8. The van der Waals surface area contributed by atoms with Crippen LogP contribution in [0.4, 0.5) is 5.82 Å². The van der Waals surface area contributed by atoms with E-state index in [1.165, 1.54) is 31.4 Å². The van der Waals surface area contributed by atoms with Crippen LogP contribution >= 0.6 is 0 Å². The van der Waals surface area contributed by atoms with Crippen LogP contribution in [-0.2, 0) is 18.4 Å². The Kier molecular flexibility index (Phi) is 6.76. The number of carbonyl (C=O) groups is 1. The van der Waals surface area contributed by atoms with Gasteiger partial charge in [0.15, 0.2) is 11.6 Å². The molecular weight excluding hydrogens is 428 g/mol. The molecule has 1 aliphatic heterocycles. The van der Waals surface area contributed by atoms with Crippen molar-refractivity contribution in [3.05, 3.63) is 30.1 Å². The zero-order chi connectivity index (χ0) is 23.5. The lowest BCUT2D eigenvalue weighted by molar-refractivity contribution is -0.120. The van der Waals surface area contributed by atoms with Crippen molar-refractivity contribution in [2.24, 2.45) is 13.0 Å². The predicted octanol–water partition coefficient (Wildman–Crippen LogP) is 4.54. The number of aromatic nitrogens is 4. The fourth-order valence-corrected chi connectivity index (χ4v) is 5.34. The van der Waals surface area contributed by atoms with Crippen LogP contribution in [-0.4, -0.2) is 51.0 Å². The van der Waals surface area contributed by atoms with Gasteiger partial charge in [0.2, 0.25) is 5.91 Å². The van der Waals surface area contributed by atoms with E-state index in [0.29, 0.717) is 11.6 Å². The van der Waals surface area contributed by atoms with E-state index in [1.54, 1.807) is 7.11 Å². The molecule has 0 radical (unpaired) electrons. The van der Waals surface area contributed by atoms with Gasteiger partial charge in [-0.1, -0.05) is 31.7 Å². The Labute approximate surface area is 200 Å². The van der Waals surface area contributed by atoms with Gasteiger partial charge in [-0.2, -0.15) is 5.10 Å². The number of anilines is 1. The maximum Gasteiger partial charge on any atom is 0.228 e. The summed E-state index contributed by atoms with van der Waals surface area (Å²) in [5, 5.41) is 17.0. The zero-order valence-electron chi connectivity index (χ0n) is 20.2. The van der Waals surface area contributed by atoms with Crippen LogP contribution in [0.3, 0.4) is 0 Å². The molecule has 0 unspecified atom stereocenters. The molecule has 3 aromatic rings. The molecule has 2 fully saturated rings. The summed E-state index contributed by atoms with van der Waals surface area (Å²) in [6.45, 7) is 3.16. The Balaban J connectivity index is 1.46. The van der Waals surface area contributed by atoms with E-state index >= 15 is 0 Å². The van der Waals surface area contributed by atoms with Gasteiger partial charge >= 0.3 is 0 Å². The summed E-state index contributed by atoms with van der Waals surface area (Å²) in [6, 6.07) is 6.11. The first-order valence-corrected chi connectivity index (χ1v) is 12.5. The number of rotatable bonds is 6. The second kappa shape index (κ2) is 10.1. The minimum Gasteiger partial charge on any atom is -0.492 e. The molecule has 1 aliphatic carbocycles. The quantitative estimate of drug-likeness (QED) is 0.579. The van der Waals surface area contributed by atoms with Crippen LogP contribution in [0.25, 0.3) is 22.0 Å². The lowest BCUT2D eigenvalue weighted by Gasteiger charge is -2.26. The Hall–Kier alpha value is -3.00. The van der Waals surface area contributed by atoms with E-state index in [4.69, 9.17) is 4.74 Å². The van der Waals surface area contributed by atoms with Crippen LogP contribution in [0, 0.1) is 5.92 Å². The number of piperidine rings is 1. The summed E-state index contributed by atoms with van der Waals surface area (Å²) in [5.41, 5.74) is 4.11. The summed E-state index contributed by atoms with van der Waals surface area (Å²) >= 11 is 0.